The third kappa shape index (κ3) is 3.76. The number of rotatable bonds is 6. The highest BCUT2D eigenvalue weighted by molar-refractivity contribution is 9.10. The first-order valence-electron chi connectivity index (χ1n) is 6.96. The van der Waals surface area contributed by atoms with Gasteiger partial charge >= 0.3 is 0 Å². The van der Waals surface area contributed by atoms with Crippen LogP contribution in [0.25, 0.3) is 11.1 Å². The molecule has 0 atom stereocenters. The van der Waals surface area contributed by atoms with E-state index in [4.69, 9.17) is 16.2 Å². The fourth-order valence-corrected chi connectivity index (χ4v) is 2.59. The van der Waals surface area contributed by atoms with Crippen molar-refractivity contribution >= 4 is 33.2 Å². The highest BCUT2D eigenvalue weighted by Gasteiger charge is 2.23. The number of primary amides is 1. The zero-order chi connectivity index (χ0) is 17.9. The van der Waals surface area contributed by atoms with Crippen molar-refractivity contribution in [1.82, 2.24) is 0 Å². The maximum Gasteiger partial charge on any atom is 0.272 e. The van der Waals surface area contributed by atoms with Crippen LogP contribution in [0.2, 0.25) is 0 Å². The molecule has 0 heterocycles. The molecule has 0 aliphatic carbocycles. The van der Waals surface area contributed by atoms with Crippen molar-refractivity contribution in [2.24, 2.45) is 5.73 Å². The summed E-state index contributed by atoms with van der Waals surface area (Å²) < 4.78 is 31.3. The molecule has 0 saturated carbocycles. The Morgan fingerprint density at radius 3 is 2.46 bits per heavy atom. The van der Waals surface area contributed by atoms with Gasteiger partial charge in [0.25, 0.3) is 12.3 Å². The minimum atomic E-state index is -2.70. The molecule has 2 aromatic carbocycles. The van der Waals surface area contributed by atoms with Crippen molar-refractivity contribution in [2.75, 3.05) is 24.7 Å². The van der Waals surface area contributed by atoms with Gasteiger partial charge in [0.2, 0.25) is 0 Å². The van der Waals surface area contributed by atoms with Crippen molar-refractivity contribution in [1.29, 1.82) is 0 Å². The predicted octanol–water partition coefficient (Wildman–Crippen LogP) is 3.48. The topological polar surface area (TPSA) is 90.4 Å². The SMILES string of the molecule is CNc1c(N)cc(C(N)=O)c(OCC(F)F)c1-c1ccc(Br)cc1. The summed E-state index contributed by atoms with van der Waals surface area (Å²) in [6, 6.07) is 8.37. The van der Waals surface area contributed by atoms with Gasteiger partial charge in [0.1, 0.15) is 12.4 Å². The molecule has 0 bridgehead atoms. The summed E-state index contributed by atoms with van der Waals surface area (Å²) >= 11 is 3.33. The predicted molar refractivity (Wildman–Crippen MR) is 93.6 cm³/mol. The van der Waals surface area contributed by atoms with Crippen LogP contribution < -0.4 is 21.5 Å². The van der Waals surface area contributed by atoms with Gasteiger partial charge in [0, 0.05) is 17.1 Å². The number of ether oxygens (including phenoxy) is 1. The highest BCUT2D eigenvalue weighted by Crippen LogP contribution is 2.43. The van der Waals surface area contributed by atoms with Gasteiger partial charge in [-0.1, -0.05) is 28.1 Å². The number of carbonyl (C=O) groups excluding carboxylic acids is 1. The van der Waals surface area contributed by atoms with Gasteiger partial charge < -0.3 is 21.5 Å². The molecule has 8 heteroatoms. The lowest BCUT2D eigenvalue weighted by Gasteiger charge is -2.20. The molecular formula is C16H16BrF2N3O2. The molecule has 0 saturated heterocycles. The second-order valence-electron chi connectivity index (χ2n) is 4.92. The van der Waals surface area contributed by atoms with E-state index in [0.29, 0.717) is 16.8 Å². The fraction of sp³-hybridized carbons (Fsp3) is 0.188. The van der Waals surface area contributed by atoms with Crippen molar-refractivity contribution < 1.29 is 18.3 Å². The average molecular weight is 400 g/mol. The van der Waals surface area contributed by atoms with Gasteiger partial charge in [0.15, 0.2) is 0 Å². The third-order valence-electron chi connectivity index (χ3n) is 3.31. The quantitative estimate of drug-likeness (QED) is 0.648. The average Bonchev–Trinajstić information content (AvgIpc) is 2.53. The van der Waals surface area contributed by atoms with E-state index in [1.807, 2.05) is 0 Å². The molecular weight excluding hydrogens is 384 g/mol. The molecule has 5 nitrogen and oxygen atoms in total. The number of nitrogen functional groups attached to an aromatic ring is 1. The Balaban J connectivity index is 2.75. The van der Waals surface area contributed by atoms with Gasteiger partial charge in [0.05, 0.1) is 16.9 Å². The maximum absolute atomic E-state index is 12.6. The van der Waals surface area contributed by atoms with E-state index < -0.39 is 18.9 Å². The fourth-order valence-electron chi connectivity index (χ4n) is 2.33. The van der Waals surface area contributed by atoms with E-state index in [2.05, 4.69) is 21.2 Å². The standard InChI is InChI=1S/C16H16BrF2N3O2/c1-22-14-11(20)6-10(16(21)23)15(24-7-12(18)19)13(14)8-2-4-9(17)5-3-8/h2-6,12,22H,7,20H2,1H3,(H2,21,23). The Morgan fingerprint density at radius 2 is 1.96 bits per heavy atom. The van der Waals surface area contributed by atoms with Gasteiger partial charge in [-0.3, -0.25) is 4.79 Å². The highest BCUT2D eigenvalue weighted by atomic mass is 79.9. The smallest absolute Gasteiger partial charge is 0.272 e. The van der Waals surface area contributed by atoms with Crippen LogP contribution in [0.3, 0.4) is 0 Å². The Morgan fingerprint density at radius 1 is 1.33 bits per heavy atom. The lowest BCUT2D eigenvalue weighted by atomic mass is 9.97. The lowest BCUT2D eigenvalue weighted by Crippen LogP contribution is -2.17. The van der Waals surface area contributed by atoms with E-state index in [1.54, 1.807) is 31.3 Å². The summed E-state index contributed by atoms with van der Waals surface area (Å²) in [5.74, 6) is -0.837. The zero-order valence-corrected chi connectivity index (χ0v) is 14.4. The number of halogens is 3. The molecule has 5 N–H and O–H groups in total. The largest absolute Gasteiger partial charge is 0.486 e. The van der Waals surface area contributed by atoms with Gasteiger partial charge in [-0.2, -0.15) is 0 Å². The number of alkyl halides is 2. The number of amides is 1. The van der Waals surface area contributed by atoms with Crippen LogP contribution in [0.1, 0.15) is 10.4 Å². The first-order valence-corrected chi connectivity index (χ1v) is 7.75. The second-order valence-corrected chi connectivity index (χ2v) is 5.83. The summed E-state index contributed by atoms with van der Waals surface area (Å²) in [5.41, 5.74) is 13.1. The number of nitrogens with one attached hydrogen (secondary N) is 1. The van der Waals surface area contributed by atoms with Crippen LogP contribution in [-0.4, -0.2) is 26.0 Å². The summed E-state index contributed by atoms with van der Waals surface area (Å²) in [6.45, 7) is -0.864. The van der Waals surface area contributed by atoms with Crippen molar-refractivity contribution in [3.05, 3.63) is 40.4 Å². The molecule has 0 unspecified atom stereocenters. The van der Waals surface area contributed by atoms with E-state index in [0.717, 1.165) is 4.47 Å². The van der Waals surface area contributed by atoms with Crippen LogP contribution in [0.4, 0.5) is 20.2 Å². The Hall–Kier alpha value is -2.35. The van der Waals surface area contributed by atoms with Crippen LogP contribution in [0, 0.1) is 0 Å². The number of carbonyl (C=O) groups is 1. The molecule has 0 aromatic heterocycles. The molecule has 0 radical (unpaired) electrons. The summed E-state index contributed by atoms with van der Waals surface area (Å²) in [5, 5.41) is 2.91. The van der Waals surface area contributed by atoms with Crippen molar-refractivity contribution in [3.63, 3.8) is 0 Å². The first-order chi connectivity index (χ1) is 11.3. The summed E-state index contributed by atoms with van der Waals surface area (Å²) in [4.78, 5) is 11.7. The number of hydrogen-bond acceptors (Lipinski definition) is 4. The maximum atomic E-state index is 12.6. The minimum absolute atomic E-state index is 0.0244. The summed E-state index contributed by atoms with van der Waals surface area (Å²) in [6.07, 6.45) is -2.70. The molecule has 2 rings (SSSR count). The van der Waals surface area contributed by atoms with Crippen molar-refractivity contribution in [2.45, 2.75) is 6.43 Å². The molecule has 0 aliphatic rings. The number of hydrogen-bond donors (Lipinski definition) is 3. The molecule has 0 spiro atoms. The Labute approximate surface area is 146 Å². The van der Waals surface area contributed by atoms with E-state index in [9.17, 15) is 13.6 Å². The van der Waals surface area contributed by atoms with Crippen molar-refractivity contribution in [3.8, 4) is 16.9 Å². The molecule has 24 heavy (non-hydrogen) atoms. The molecule has 1 amide bonds. The summed E-state index contributed by atoms with van der Waals surface area (Å²) in [7, 11) is 1.63. The molecule has 0 aliphatic heterocycles. The molecule has 2 aromatic rings. The van der Waals surface area contributed by atoms with E-state index in [1.165, 1.54) is 6.07 Å². The Bertz CT molecular complexity index is 752. The van der Waals surface area contributed by atoms with Gasteiger partial charge in [-0.05, 0) is 23.8 Å². The number of benzene rings is 2. The Kier molecular flexibility index (Phi) is 5.61. The third-order valence-corrected chi connectivity index (χ3v) is 3.84. The number of nitrogens with two attached hydrogens (primary N) is 2. The van der Waals surface area contributed by atoms with Crippen LogP contribution in [-0.2, 0) is 0 Å². The zero-order valence-electron chi connectivity index (χ0n) is 12.8. The van der Waals surface area contributed by atoms with Gasteiger partial charge in [-0.15, -0.1) is 0 Å². The molecule has 0 fully saturated rings. The van der Waals surface area contributed by atoms with E-state index >= 15 is 0 Å². The van der Waals surface area contributed by atoms with Crippen LogP contribution in [0.15, 0.2) is 34.8 Å². The minimum Gasteiger partial charge on any atom is -0.486 e. The van der Waals surface area contributed by atoms with Crippen LogP contribution in [0.5, 0.6) is 5.75 Å². The number of anilines is 2. The monoisotopic (exact) mass is 399 g/mol. The van der Waals surface area contributed by atoms with E-state index in [-0.39, 0.29) is 17.0 Å². The normalized spacial score (nSPS) is 10.7. The molecule has 128 valence electrons. The van der Waals surface area contributed by atoms with Gasteiger partial charge in [-0.25, -0.2) is 8.78 Å². The lowest BCUT2D eigenvalue weighted by molar-refractivity contribution is 0.0804. The first kappa shape index (κ1) is 18.0. The second kappa shape index (κ2) is 7.48. The van der Waals surface area contributed by atoms with Crippen LogP contribution >= 0.6 is 15.9 Å².